The highest BCUT2D eigenvalue weighted by Crippen LogP contribution is 2.25. The van der Waals surface area contributed by atoms with E-state index in [1.54, 1.807) is 111 Å². The number of nitrogens with one attached hydrogen (secondary N) is 1. The quantitative estimate of drug-likeness (QED) is 0.0731. The maximum absolute atomic E-state index is 14.9. The van der Waals surface area contributed by atoms with E-state index in [1.807, 2.05) is 55.4 Å². The van der Waals surface area contributed by atoms with Crippen molar-refractivity contribution in [2.24, 2.45) is 23.7 Å². The van der Waals surface area contributed by atoms with E-state index in [9.17, 15) is 28.8 Å². The fraction of sp³-hybridized carbons (Fsp3) is 0.574. The Balaban J connectivity index is 1.50. The van der Waals surface area contributed by atoms with Crippen LogP contribution in [0.1, 0.15) is 118 Å². The van der Waals surface area contributed by atoms with Crippen molar-refractivity contribution in [3.63, 3.8) is 0 Å². The lowest BCUT2D eigenvalue weighted by atomic mass is 10.00. The third-order valence-electron chi connectivity index (χ3n) is 13.6. The third-order valence-corrected chi connectivity index (χ3v) is 13.6. The number of likely N-dealkylation sites (N-methyl/N-ethyl adjacent to an activating group) is 3. The number of esters is 4. The first-order valence-electron chi connectivity index (χ1n) is 27.7. The van der Waals surface area contributed by atoms with Gasteiger partial charge < -0.3 is 52.4 Å². The number of carbonyl (C=O) groups is 6. The molecule has 1 aliphatic rings. The summed E-state index contributed by atoms with van der Waals surface area (Å²) in [6.45, 7) is 19.4. The molecule has 434 valence electrons. The zero-order valence-electron chi connectivity index (χ0n) is 48.6. The summed E-state index contributed by atoms with van der Waals surface area (Å²) in [6, 6.07) is 17.3. The predicted octanol–water partition coefficient (Wildman–Crippen LogP) is 8.61. The summed E-state index contributed by atoms with van der Waals surface area (Å²) in [7, 11) is 4.73. The van der Waals surface area contributed by atoms with Crippen LogP contribution in [0.25, 0.3) is 0 Å². The maximum atomic E-state index is 14.9. The Morgan fingerprint density at radius 3 is 1.30 bits per heavy atom. The van der Waals surface area contributed by atoms with E-state index in [-0.39, 0.29) is 75.7 Å². The monoisotopic (exact) mass is 1100 g/mol. The Labute approximate surface area is 467 Å². The second-order valence-corrected chi connectivity index (χ2v) is 22.6. The van der Waals surface area contributed by atoms with Crippen molar-refractivity contribution in [1.29, 1.82) is 0 Å². The SMILES string of the molecule is CC(C)CC1NCC(C)OC(=O)C(CC(C)C)N(C)C(=O)C(Cc2ccc(OCc3ccco3)cc2)OC(=O)C(CC(C)C)N(C)CC(C)OC(=O)C(CC(C)C)N(C)C(=O)C(Cc2ccc(OCc3ccco3)cc2)OC1=O. The lowest BCUT2D eigenvalue weighted by Gasteiger charge is -2.35. The fourth-order valence-electron chi connectivity index (χ4n) is 9.36. The van der Waals surface area contributed by atoms with Gasteiger partial charge in [0.2, 0.25) is 0 Å². The summed E-state index contributed by atoms with van der Waals surface area (Å²) in [5.74, 6) is -1.69. The number of benzene rings is 2. The van der Waals surface area contributed by atoms with Crippen molar-refractivity contribution >= 4 is 35.7 Å². The largest absolute Gasteiger partial charge is 0.486 e. The molecule has 3 heterocycles. The van der Waals surface area contributed by atoms with Gasteiger partial charge in [0, 0.05) is 40.0 Å². The molecular weight excluding hydrogens is 1010 g/mol. The van der Waals surface area contributed by atoms with Crippen molar-refractivity contribution in [3.05, 3.63) is 108 Å². The van der Waals surface area contributed by atoms with Gasteiger partial charge in [-0.25, -0.2) is 9.59 Å². The summed E-state index contributed by atoms with van der Waals surface area (Å²) in [5, 5.41) is 3.24. The average Bonchev–Trinajstić information content (AvgIpc) is 4.13. The molecule has 0 aliphatic carbocycles. The molecule has 1 saturated heterocycles. The van der Waals surface area contributed by atoms with Crippen LogP contribution in [-0.2, 0) is 73.8 Å². The van der Waals surface area contributed by atoms with E-state index in [1.165, 1.54) is 23.9 Å². The van der Waals surface area contributed by atoms with Crippen LogP contribution in [-0.4, -0.2) is 133 Å². The summed E-state index contributed by atoms with van der Waals surface area (Å²) in [4.78, 5) is 92.1. The molecule has 1 N–H and O–H groups in total. The molecule has 1 aliphatic heterocycles. The predicted molar refractivity (Wildman–Crippen MR) is 296 cm³/mol. The molecule has 18 heteroatoms. The first kappa shape index (κ1) is 63.2. The number of nitrogens with zero attached hydrogens (tertiary/aromatic N) is 3. The van der Waals surface area contributed by atoms with Crippen LogP contribution in [0.5, 0.6) is 11.5 Å². The van der Waals surface area contributed by atoms with Gasteiger partial charge >= 0.3 is 23.9 Å². The zero-order valence-corrected chi connectivity index (χ0v) is 48.6. The molecule has 2 aromatic carbocycles. The van der Waals surface area contributed by atoms with Gasteiger partial charge in [0.05, 0.1) is 12.5 Å². The lowest BCUT2D eigenvalue weighted by molar-refractivity contribution is -0.170. The molecule has 8 atom stereocenters. The van der Waals surface area contributed by atoms with E-state index < -0.39 is 84.3 Å². The van der Waals surface area contributed by atoms with Crippen LogP contribution >= 0.6 is 0 Å². The average molecular weight is 1100 g/mol. The minimum atomic E-state index is -1.38. The van der Waals surface area contributed by atoms with Crippen molar-refractivity contribution in [3.8, 4) is 11.5 Å². The van der Waals surface area contributed by atoms with E-state index in [2.05, 4.69) is 5.32 Å². The fourth-order valence-corrected chi connectivity index (χ4v) is 9.36. The molecule has 0 radical (unpaired) electrons. The molecule has 4 aromatic rings. The molecule has 0 saturated carbocycles. The van der Waals surface area contributed by atoms with E-state index in [0.717, 1.165) is 0 Å². The Kier molecular flexibility index (Phi) is 24.5. The van der Waals surface area contributed by atoms with Crippen molar-refractivity contribution in [1.82, 2.24) is 20.0 Å². The number of furan rings is 2. The number of hydrogen-bond acceptors (Lipinski definition) is 16. The Morgan fingerprint density at radius 2 is 0.899 bits per heavy atom. The molecule has 2 aromatic heterocycles. The van der Waals surface area contributed by atoms with Crippen molar-refractivity contribution in [2.75, 3.05) is 34.2 Å². The van der Waals surface area contributed by atoms with Crippen LogP contribution in [0, 0.1) is 23.7 Å². The third kappa shape index (κ3) is 20.2. The molecule has 8 unspecified atom stereocenters. The lowest BCUT2D eigenvalue weighted by Crippen LogP contribution is -2.53. The maximum Gasteiger partial charge on any atom is 0.329 e. The van der Waals surface area contributed by atoms with E-state index >= 15 is 0 Å². The van der Waals surface area contributed by atoms with Crippen LogP contribution in [0.3, 0.4) is 0 Å². The summed E-state index contributed by atoms with van der Waals surface area (Å²) < 4.78 is 47.3. The molecular formula is C61H86N4O14. The Bertz CT molecular complexity index is 2510. The van der Waals surface area contributed by atoms with Gasteiger partial charge in [-0.1, -0.05) is 79.7 Å². The van der Waals surface area contributed by atoms with Gasteiger partial charge in [0.15, 0.2) is 12.2 Å². The van der Waals surface area contributed by atoms with Gasteiger partial charge in [0.1, 0.15) is 72.6 Å². The summed E-state index contributed by atoms with van der Waals surface area (Å²) in [5.41, 5.74) is 1.32. The molecule has 0 spiro atoms. The number of carbonyl (C=O) groups excluding carboxylic acids is 6. The van der Waals surface area contributed by atoms with Crippen molar-refractivity contribution < 1.29 is 66.0 Å². The number of amides is 2. The molecule has 79 heavy (non-hydrogen) atoms. The number of cyclic esters (lactones) is 4. The zero-order chi connectivity index (χ0) is 57.9. The van der Waals surface area contributed by atoms with E-state index in [0.29, 0.717) is 47.0 Å². The van der Waals surface area contributed by atoms with Gasteiger partial charge in [-0.15, -0.1) is 0 Å². The highest BCUT2D eigenvalue weighted by Gasteiger charge is 2.40. The highest BCUT2D eigenvalue weighted by molar-refractivity contribution is 5.90. The smallest absolute Gasteiger partial charge is 0.329 e. The standard InChI is InChI=1S/C61H86N4O14/c1-38(2)28-50-58(68)78-54(32-44-18-22-46(23-19-44)74-36-48-16-14-26-72-48)56(66)65(13)53(31-41(7)8)61(71)77-43(10)35-63(11)51(29-39(3)4)59(69)79-55(33-45-20-24-47(25-21-45)75-37-49-17-15-27-73-49)57(67)64(12)52(30-40(5)6)60(70)76-42(9)34-62-50/h14-27,38-43,50-55,62H,28-37H2,1-13H3. The van der Waals surface area contributed by atoms with Gasteiger partial charge in [0.25, 0.3) is 11.8 Å². The minimum absolute atomic E-state index is 0.00621. The second kappa shape index (κ2) is 30.6. The minimum Gasteiger partial charge on any atom is -0.486 e. The van der Waals surface area contributed by atoms with Crippen LogP contribution < -0.4 is 14.8 Å². The molecule has 1 fully saturated rings. The topological polar surface area (TPSA) is 206 Å². The van der Waals surface area contributed by atoms with Gasteiger partial charge in [-0.3, -0.25) is 24.1 Å². The summed E-state index contributed by atoms with van der Waals surface area (Å²) in [6.07, 6.45) is -0.206. The van der Waals surface area contributed by atoms with Crippen LogP contribution in [0.15, 0.2) is 94.2 Å². The summed E-state index contributed by atoms with van der Waals surface area (Å²) >= 11 is 0. The normalized spacial score (nSPS) is 23.4. The molecule has 5 rings (SSSR count). The van der Waals surface area contributed by atoms with Crippen LogP contribution in [0.2, 0.25) is 0 Å². The first-order valence-corrected chi connectivity index (χ1v) is 27.7. The Hall–Kier alpha value is -6.66. The van der Waals surface area contributed by atoms with Crippen LogP contribution in [0.4, 0.5) is 0 Å². The molecule has 2 amide bonds. The Morgan fingerprint density at radius 1 is 0.506 bits per heavy atom. The molecule has 18 nitrogen and oxygen atoms in total. The number of rotatable bonds is 18. The van der Waals surface area contributed by atoms with Crippen molar-refractivity contribution in [2.45, 2.75) is 170 Å². The second-order valence-electron chi connectivity index (χ2n) is 22.6. The number of ether oxygens (including phenoxy) is 6. The highest BCUT2D eigenvalue weighted by atomic mass is 16.6. The van der Waals surface area contributed by atoms with E-state index in [4.69, 9.17) is 37.3 Å². The van der Waals surface area contributed by atoms with Gasteiger partial charge in [-0.05, 0) is 130 Å². The first-order chi connectivity index (χ1) is 37.5. The van der Waals surface area contributed by atoms with Gasteiger partial charge in [-0.2, -0.15) is 0 Å². The molecule has 0 bridgehead atoms. The number of hydrogen-bond donors (Lipinski definition) is 1.